The molecule has 8 heteroatoms. The molecule has 1 aromatic carbocycles. The number of hydrogen-bond donors (Lipinski definition) is 4. The third-order valence-corrected chi connectivity index (χ3v) is 2.67. The van der Waals surface area contributed by atoms with E-state index in [1.165, 1.54) is 13.2 Å². The van der Waals surface area contributed by atoms with E-state index in [0.29, 0.717) is 16.5 Å². The molecule has 0 aliphatic carbocycles. The second kappa shape index (κ2) is 7.56. The van der Waals surface area contributed by atoms with Gasteiger partial charge in [-0.05, 0) is 18.2 Å². The molecule has 1 aromatic rings. The van der Waals surface area contributed by atoms with E-state index in [1.54, 1.807) is 12.1 Å². The summed E-state index contributed by atoms with van der Waals surface area (Å²) >= 11 is 5.81. The topological polar surface area (TPSA) is 108 Å². The lowest BCUT2D eigenvalue weighted by molar-refractivity contribution is -0.139. The van der Waals surface area contributed by atoms with E-state index in [4.69, 9.17) is 26.6 Å². The number of rotatable bonds is 6. The molecule has 1 rings (SSSR count). The molecule has 0 bridgehead atoms. The first kappa shape index (κ1) is 16.1. The predicted octanol–water partition coefficient (Wildman–Crippen LogP) is 1.31. The normalized spacial score (nSPS) is 11.6. The Kier molecular flexibility index (Phi) is 6.08. The maximum atomic E-state index is 11.7. The molecule has 0 saturated carbocycles. The highest BCUT2D eigenvalue weighted by Gasteiger charge is 2.19. The second-order valence-electron chi connectivity index (χ2n) is 3.85. The van der Waals surface area contributed by atoms with Crippen LogP contribution in [0.2, 0.25) is 5.02 Å². The van der Waals surface area contributed by atoms with Crippen LogP contribution < -0.4 is 15.4 Å². The number of ether oxygens (including phenoxy) is 1. The van der Waals surface area contributed by atoms with Gasteiger partial charge in [0.2, 0.25) is 0 Å². The fourth-order valence-electron chi connectivity index (χ4n) is 1.48. The summed E-state index contributed by atoms with van der Waals surface area (Å²) in [5, 5.41) is 22.7. The van der Waals surface area contributed by atoms with Gasteiger partial charge in [-0.3, -0.25) is 0 Å². The zero-order valence-corrected chi connectivity index (χ0v) is 11.5. The van der Waals surface area contributed by atoms with Gasteiger partial charge >= 0.3 is 12.0 Å². The van der Waals surface area contributed by atoms with Crippen molar-refractivity contribution in [3.05, 3.63) is 23.2 Å². The van der Waals surface area contributed by atoms with E-state index in [-0.39, 0.29) is 13.0 Å². The van der Waals surface area contributed by atoms with Crippen LogP contribution in [0.15, 0.2) is 18.2 Å². The smallest absolute Gasteiger partial charge is 0.326 e. The molecule has 0 fully saturated rings. The van der Waals surface area contributed by atoms with Gasteiger partial charge in [0.15, 0.2) is 0 Å². The first-order valence-corrected chi connectivity index (χ1v) is 6.10. The minimum absolute atomic E-state index is 0.0879. The SMILES string of the molecule is COc1ccc(Cl)cc1NC(=O)N[C@H](CCO)C(=O)O. The number of amides is 2. The number of urea groups is 1. The molecule has 0 unspecified atom stereocenters. The molecule has 0 aliphatic heterocycles. The van der Waals surface area contributed by atoms with Crippen molar-refractivity contribution >= 4 is 29.3 Å². The fourth-order valence-corrected chi connectivity index (χ4v) is 1.65. The van der Waals surface area contributed by atoms with Crippen molar-refractivity contribution in [3.63, 3.8) is 0 Å². The summed E-state index contributed by atoms with van der Waals surface area (Å²) in [6, 6.07) is 2.73. The summed E-state index contributed by atoms with van der Waals surface area (Å²) in [6.45, 7) is -0.349. The molecule has 0 aromatic heterocycles. The Hall–Kier alpha value is -1.99. The van der Waals surface area contributed by atoms with Crippen LogP contribution in [0.4, 0.5) is 10.5 Å². The van der Waals surface area contributed by atoms with E-state index in [1.807, 2.05) is 0 Å². The number of anilines is 1. The molecule has 110 valence electrons. The van der Waals surface area contributed by atoms with Gasteiger partial charge in [-0.25, -0.2) is 9.59 Å². The number of hydrogen-bond acceptors (Lipinski definition) is 4. The van der Waals surface area contributed by atoms with Crippen LogP contribution in [0.3, 0.4) is 0 Å². The highest BCUT2D eigenvalue weighted by atomic mass is 35.5. The molecule has 20 heavy (non-hydrogen) atoms. The number of halogens is 1. The lowest BCUT2D eigenvalue weighted by Gasteiger charge is -2.15. The Morgan fingerprint density at radius 3 is 2.70 bits per heavy atom. The van der Waals surface area contributed by atoms with E-state index < -0.39 is 18.0 Å². The first-order valence-electron chi connectivity index (χ1n) is 5.72. The number of carboxylic acids is 1. The third-order valence-electron chi connectivity index (χ3n) is 2.43. The average molecular weight is 303 g/mol. The summed E-state index contributed by atoms with van der Waals surface area (Å²) in [4.78, 5) is 22.6. The van der Waals surface area contributed by atoms with Gasteiger partial charge < -0.3 is 25.6 Å². The summed E-state index contributed by atoms with van der Waals surface area (Å²) in [7, 11) is 1.43. The summed E-state index contributed by atoms with van der Waals surface area (Å²) in [6.07, 6.45) is -0.0879. The van der Waals surface area contributed by atoms with E-state index in [9.17, 15) is 9.59 Å². The maximum absolute atomic E-state index is 11.7. The zero-order valence-electron chi connectivity index (χ0n) is 10.7. The summed E-state index contributed by atoms with van der Waals surface area (Å²) in [5.41, 5.74) is 0.311. The number of nitrogens with one attached hydrogen (secondary N) is 2. The fraction of sp³-hybridized carbons (Fsp3) is 0.333. The van der Waals surface area contributed by atoms with Crippen LogP contribution in [0.5, 0.6) is 5.75 Å². The lowest BCUT2D eigenvalue weighted by Crippen LogP contribution is -2.43. The Morgan fingerprint density at radius 2 is 2.15 bits per heavy atom. The largest absolute Gasteiger partial charge is 0.495 e. The van der Waals surface area contributed by atoms with Crippen LogP contribution in [0, 0.1) is 0 Å². The van der Waals surface area contributed by atoms with Crippen molar-refractivity contribution in [2.75, 3.05) is 19.0 Å². The van der Waals surface area contributed by atoms with Crippen molar-refractivity contribution in [1.29, 1.82) is 0 Å². The number of aliphatic hydroxyl groups is 1. The molecule has 0 aliphatic rings. The van der Waals surface area contributed by atoms with Crippen LogP contribution in [0.1, 0.15) is 6.42 Å². The van der Waals surface area contributed by atoms with Gasteiger partial charge in [0.25, 0.3) is 0 Å². The van der Waals surface area contributed by atoms with Crippen molar-refractivity contribution < 1.29 is 24.5 Å². The van der Waals surface area contributed by atoms with Crippen molar-refractivity contribution in [2.45, 2.75) is 12.5 Å². The van der Waals surface area contributed by atoms with Gasteiger partial charge in [0.05, 0.1) is 12.8 Å². The molecular weight excluding hydrogens is 288 g/mol. The van der Waals surface area contributed by atoms with Crippen LogP contribution in [-0.2, 0) is 4.79 Å². The van der Waals surface area contributed by atoms with E-state index >= 15 is 0 Å². The monoisotopic (exact) mass is 302 g/mol. The quantitative estimate of drug-likeness (QED) is 0.633. The Morgan fingerprint density at radius 1 is 1.45 bits per heavy atom. The number of aliphatic hydroxyl groups excluding tert-OH is 1. The number of aliphatic carboxylic acids is 1. The highest BCUT2D eigenvalue weighted by molar-refractivity contribution is 6.31. The lowest BCUT2D eigenvalue weighted by atomic mass is 10.2. The van der Waals surface area contributed by atoms with Crippen LogP contribution in [0.25, 0.3) is 0 Å². The molecule has 0 heterocycles. The molecule has 4 N–H and O–H groups in total. The number of carbonyl (C=O) groups is 2. The number of carboxylic acid groups (broad SMARTS) is 1. The average Bonchev–Trinajstić information content (AvgIpc) is 2.38. The number of benzene rings is 1. The molecule has 2 amide bonds. The molecule has 7 nitrogen and oxygen atoms in total. The van der Waals surface area contributed by atoms with Gasteiger partial charge in [-0.15, -0.1) is 0 Å². The van der Waals surface area contributed by atoms with Crippen LogP contribution in [-0.4, -0.2) is 42.0 Å². The van der Waals surface area contributed by atoms with Gasteiger partial charge in [0.1, 0.15) is 11.8 Å². The first-order chi connectivity index (χ1) is 9.47. The summed E-state index contributed by atoms with van der Waals surface area (Å²) < 4.78 is 5.04. The highest BCUT2D eigenvalue weighted by Crippen LogP contribution is 2.27. The standard InChI is InChI=1S/C12H15ClN2O5/c1-20-10-3-2-7(13)6-9(10)15-12(19)14-8(4-5-16)11(17)18/h2-3,6,8,16H,4-5H2,1H3,(H,17,18)(H2,14,15,19)/t8-/m1/s1. The third kappa shape index (κ3) is 4.60. The van der Waals surface area contributed by atoms with Gasteiger partial charge in [0, 0.05) is 18.1 Å². The second-order valence-corrected chi connectivity index (χ2v) is 4.28. The molecule has 1 atom stereocenters. The summed E-state index contributed by atoms with van der Waals surface area (Å²) in [5.74, 6) is -0.842. The molecular formula is C12H15ClN2O5. The molecule has 0 saturated heterocycles. The van der Waals surface area contributed by atoms with Crippen molar-refractivity contribution in [1.82, 2.24) is 5.32 Å². The minimum Gasteiger partial charge on any atom is -0.495 e. The van der Waals surface area contributed by atoms with Crippen molar-refractivity contribution in [2.24, 2.45) is 0 Å². The van der Waals surface area contributed by atoms with Gasteiger partial charge in [-0.2, -0.15) is 0 Å². The predicted molar refractivity (Wildman–Crippen MR) is 73.3 cm³/mol. The van der Waals surface area contributed by atoms with E-state index in [0.717, 1.165) is 0 Å². The van der Waals surface area contributed by atoms with Gasteiger partial charge in [-0.1, -0.05) is 11.6 Å². The molecule has 0 spiro atoms. The Bertz CT molecular complexity index is 495. The Balaban J connectivity index is 2.75. The Labute approximate surface area is 120 Å². The molecule has 0 radical (unpaired) electrons. The number of carbonyl (C=O) groups excluding carboxylic acids is 1. The maximum Gasteiger partial charge on any atom is 0.326 e. The zero-order chi connectivity index (χ0) is 15.1. The van der Waals surface area contributed by atoms with Crippen molar-refractivity contribution in [3.8, 4) is 5.75 Å². The van der Waals surface area contributed by atoms with Crippen LogP contribution >= 0.6 is 11.6 Å². The minimum atomic E-state index is -1.23. The number of methoxy groups -OCH3 is 1. The van der Waals surface area contributed by atoms with E-state index in [2.05, 4.69) is 10.6 Å².